The molecule has 0 heterocycles. The van der Waals surface area contributed by atoms with Crippen LogP contribution in [-0.2, 0) is 27.9 Å². The van der Waals surface area contributed by atoms with E-state index in [4.69, 9.17) is 18.5 Å². The Hall–Kier alpha value is -0.760. The Morgan fingerprint density at radius 2 is 0.812 bits per heavy atom. The van der Waals surface area contributed by atoms with E-state index in [1.165, 1.54) is 225 Å². The molecule has 0 amide bonds. The van der Waals surface area contributed by atoms with Gasteiger partial charge in [0.25, 0.3) is 0 Å². The molecule has 0 spiro atoms. The van der Waals surface area contributed by atoms with E-state index >= 15 is 0 Å². The number of carbonyl (C=O) groups excluding carboxylic acids is 1. The molecule has 0 radical (unpaired) electrons. The van der Waals surface area contributed by atoms with Crippen LogP contribution in [0.1, 0.15) is 277 Å². The van der Waals surface area contributed by atoms with Crippen LogP contribution in [0.25, 0.3) is 0 Å². The van der Waals surface area contributed by atoms with Crippen molar-refractivity contribution in [2.24, 2.45) is 0 Å². The molecule has 0 bridgehead atoms. The molecule has 0 aliphatic heterocycles. The molecule has 0 rings (SSSR count). The molecule has 382 valence electrons. The highest BCUT2D eigenvalue weighted by Gasteiger charge is 2.26. The summed E-state index contributed by atoms with van der Waals surface area (Å²) in [5.41, 5.74) is 0. The zero-order valence-electron chi connectivity index (χ0n) is 43.6. The van der Waals surface area contributed by atoms with Crippen molar-refractivity contribution < 1.29 is 37.3 Å². The molecule has 2 unspecified atom stereocenters. The van der Waals surface area contributed by atoms with Gasteiger partial charge in [-0.15, -0.1) is 0 Å². The number of quaternary nitrogens is 1. The number of unbranched alkanes of at least 4 members (excludes halogenated alkanes) is 37. The van der Waals surface area contributed by atoms with Gasteiger partial charge in [0.2, 0.25) is 0 Å². The highest BCUT2D eigenvalue weighted by atomic mass is 31.2. The van der Waals surface area contributed by atoms with Crippen molar-refractivity contribution in [3.05, 3.63) is 12.2 Å². The summed E-state index contributed by atoms with van der Waals surface area (Å²) in [7, 11) is 1.69. The molecule has 0 saturated carbocycles. The summed E-state index contributed by atoms with van der Waals surface area (Å²) in [4.78, 5) is 23.0. The van der Waals surface area contributed by atoms with Gasteiger partial charge in [-0.25, -0.2) is 4.57 Å². The molecule has 0 aromatic rings. The number of likely N-dealkylation sites (N-methyl/N-ethyl adjacent to an activating group) is 1. The third-order valence-electron chi connectivity index (χ3n) is 12.6. The molecule has 0 aliphatic rings. The van der Waals surface area contributed by atoms with Crippen LogP contribution in [0.5, 0.6) is 0 Å². The number of allylic oxidation sites excluding steroid dienone is 2. The van der Waals surface area contributed by atoms with Crippen molar-refractivity contribution in [1.82, 2.24) is 0 Å². The number of carbonyl (C=O) groups is 1. The normalized spacial score (nSPS) is 13.5. The predicted molar refractivity (Wildman–Crippen MR) is 275 cm³/mol. The fourth-order valence-corrected chi connectivity index (χ4v) is 9.00. The van der Waals surface area contributed by atoms with Gasteiger partial charge in [0.1, 0.15) is 19.3 Å². The summed E-state index contributed by atoms with van der Waals surface area (Å²) in [5.74, 6) is -0.306. The quantitative estimate of drug-likeness (QED) is 0.0214. The second-order valence-corrected chi connectivity index (χ2v) is 21.8. The summed E-state index contributed by atoms with van der Waals surface area (Å²) in [5, 5.41) is 0. The van der Waals surface area contributed by atoms with Crippen molar-refractivity contribution in [1.29, 1.82) is 0 Å². The molecule has 0 aromatic heterocycles. The maximum absolute atomic E-state index is 12.8. The Bertz CT molecular complexity index is 1030. The smallest absolute Gasteiger partial charge is 0.457 e. The third-order valence-corrected chi connectivity index (χ3v) is 13.6. The molecule has 0 aromatic carbocycles. The standard InChI is InChI=1S/C55H110NO7P/c1-6-8-10-12-14-16-18-20-22-24-26-27-28-29-30-31-33-35-37-39-41-43-45-47-50-60-52-54(53-62-64(58,59)61-51-49-56(3,4)5)63-55(57)48-46-44-42-40-38-36-34-32-25-23-21-19-17-15-13-11-9-7-2/h24,26,54H,6-23,25,27-53H2,1-5H3/p+1/b26-24-. The maximum atomic E-state index is 12.8. The first kappa shape index (κ1) is 63.2. The van der Waals surface area contributed by atoms with E-state index in [0.29, 0.717) is 24.1 Å². The minimum atomic E-state index is -4.28. The van der Waals surface area contributed by atoms with Crippen LogP contribution >= 0.6 is 7.82 Å². The zero-order chi connectivity index (χ0) is 46.9. The first-order chi connectivity index (χ1) is 31.1. The monoisotopic (exact) mass is 929 g/mol. The summed E-state index contributed by atoms with van der Waals surface area (Å²) in [6.07, 6.45) is 57.0. The minimum absolute atomic E-state index is 0.0926. The third kappa shape index (κ3) is 52.2. The lowest BCUT2D eigenvalue weighted by molar-refractivity contribution is -0.870. The lowest BCUT2D eigenvalue weighted by Crippen LogP contribution is -2.37. The fourth-order valence-electron chi connectivity index (χ4n) is 8.26. The van der Waals surface area contributed by atoms with Gasteiger partial charge >= 0.3 is 13.8 Å². The molecule has 64 heavy (non-hydrogen) atoms. The summed E-state index contributed by atoms with van der Waals surface area (Å²) in [6.45, 7) is 5.69. The number of hydrogen-bond acceptors (Lipinski definition) is 6. The highest BCUT2D eigenvalue weighted by Crippen LogP contribution is 2.43. The van der Waals surface area contributed by atoms with Crippen molar-refractivity contribution in [2.45, 2.75) is 283 Å². The van der Waals surface area contributed by atoms with Crippen LogP contribution in [0.15, 0.2) is 12.2 Å². The van der Waals surface area contributed by atoms with E-state index in [2.05, 4.69) is 26.0 Å². The number of esters is 1. The molecule has 2 atom stereocenters. The van der Waals surface area contributed by atoms with Gasteiger partial charge in [0.15, 0.2) is 0 Å². The van der Waals surface area contributed by atoms with E-state index in [0.717, 1.165) is 32.1 Å². The summed E-state index contributed by atoms with van der Waals surface area (Å²) < 4.78 is 35.2. The topological polar surface area (TPSA) is 91.3 Å². The Morgan fingerprint density at radius 1 is 0.469 bits per heavy atom. The van der Waals surface area contributed by atoms with Crippen LogP contribution in [0.4, 0.5) is 0 Å². The number of rotatable bonds is 53. The van der Waals surface area contributed by atoms with Crippen LogP contribution < -0.4 is 0 Å². The Balaban J connectivity index is 4.04. The summed E-state index contributed by atoms with van der Waals surface area (Å²) >= 11 is 0. The van der Waals surface area contributed by atoms with Crippen molar-refractivity contribution in [3.63, 3.8) is 0 Å². The molecular formula is C55H111NO7P+. The van der Waals surface area contributed by atoms with Crippen molar-refractivity contribution in [2.75, 3.05) is 54.1 Å². The van der Waals surface area contributed by atoms with E-state index in [9.17, 15) is 14.3 Å². The van der Waals surface area contributed by atoms with Crippen LogP contribution in [0.3, 0.4) is 0 Å². The second kappa shape index (κ2) is 48.7. The molecule has 0 aliphatic carbocycles. The van der Waals surface area contributed by atoms with Gasteiger partial charge in [-0.2, -0.15) is 0 Å². The first-order valence-corrected chi connectivity index (χ1v) is 29.4. The molecular weight excluding hydrogens is 818 g/mol. The molecule has 9 heteroatoms. The molecule has 0 fully saturated rings. The Labute approximate surface area is 399 Å². The predicted octanol–water partition coefficient (Wildman–Crippen LogP) is 17.3. The molecule has 0 saturated heterocycles. The highest BCUT2D eigenvalue weighted by molar-refractivity contribution is 7.47. The van der Waals surface area contributed by atoms with Gasteiger partial charge in [-0.1, -0.05) is 244 Å². The van der Waals surface area contributed by atoms with E-state index in [1.54, 1.807) is 0 Å². The fraction of sp³-hybridized carbons (Fsp3) is 0.945. The largest absolute Gasteiger partial charge is 0.472 e. The number of nitrogens with zero attached hydrogens (tertiary/aromatic N) is 1. The lowest BCUT2D eigenvalue weighted by atomic mass is 10.0. The van der Waals surface area contributed by atoms with E-state index in [-0.39, 0.29) is 25.8 Å². The average molecular weight is 929 g/mol. The number of phosphoric acid groups is 1. The van der Waals surface area contributed by atoms with Gasteiger partial charge in [0, 0.05) is 13.0 Å². The van der Waals surface area contributed by atoms with Gasteiger partial charge in [-0.3, -0.25) is 13.8 Å². The summed E-state index contributed by atoms with van der Waals surface area (Å²) in [6, 6.07) is 0. The van der Waals surface area contributed by atoms with Crippen LogP contribution in [-0.4, -0.2) is 75.6 Å². The number of ether oxygens (including phenoxy) is 2. The van der Waals surface area contributed by atoms with Crippen LogP contribution in [0.2, 0.25) is 0 Å². The number of phosphoric ester groups is 1. The lowest BCUT2D eigenvalue weighted by Gasteiger charge is -2.24. The second-order valence-electron chi connectivity index (χ2n) is 20.3. The first-order valence-electron chi connectivity index (χ1n) is 27.9. The van der Waals surface area contributed by atoms with Gasteiger partial charge < -0.3 is 18.9 Å². The van der Waals surface area contributed by atoms with Crippen molar-refractivity contribution >= 4 is 13.8 Å². The van der Waals surface area contributed by atoms with Crippen molar-refractivity contribution in [3.8, 4) is 0 Å². The van der Waals surface area contributed by atoms with Gasteiger partial charge in [0.05, 0.1) is 34.4 Å². The Morgan fingerprint density at radius 3 is 1.19 bits per heavy atom. The van der Waals surface area contributed by atoms with Gasteiger partial charge in [-0.05, 0) is 38.5 Å². The molecule has 1 N–H and O–H groups in total. The van der Waals surface area contributed by atoms with E-state index < -0.39 is 13.9 Å². The number of hydrogen-bond donors (Lipinski definition) is 1. The molecule has 8 nitrogen and oxygen atoms in total. The maximum Gasteiger partial charge on any atom is 0.472 e. The zero-order valence-corrected chi connectivity index (χ0v) is 44.4. The average Bonchev–Trinajstić information content (AvgIpc) is 3.25. The Kier molecular flexibility index (Phi) is 48.1. The van der Waals surface area contributed by atoms with Crippen LogP contribution in [0, 0.1) is 0 Å². The minimum Gasteiger partial charge on any atom is -0.457 e. The SMILES string of the molecule is CCCCCCCCCC/C=C\CCCCCCCCCCCCCCOCC(COP(=O)(O)OCC[N+](C)(C)C)OC(=O)CCCCCCCCCCCCCCCCCCCC. The van der Waals surface area contributed by atoms with E-state index in [1.807, 2.05) is 21.1 Å².